The fraction of sp³-hybridized carbons (Fsp3) is 0.226. The highest BCUT2D eigenvalue weighted by Gasteiger charge is 2.25. The average Bonchev–Trinajstić information content (AvgIpc) is 3.32. The minimum absolute atomic E-state index is 0.213. The predicted octanol–water partition coefficient (Wildman–Crippen LogP) is 7.91. The summed E-state index contributed by atoms with van der Waals surface area (Å²) in [4.78, 5) is 16.6. The molecule has 1 aromatic heterocycles. The van der Waals surface area contributed by atoms with E-state index >= 15 is 0 Å². The predicted molar refractivity (Wildman–Crippen MR) is 139 cm³/mol. The highest BCUT2D eigenvalue weighted by molar-refractivity contribution is 5.87. The van der Waals surface area contributed by atoms with E-state index in [4.69, 9.17) is 9.40 Å². The number of allylic oxidation sites excluding steroid dienone is 2. The van der Waals surface area contributed by atoms with Crippen molar-refractivity contribution >= 4 is 11.5 Å². The Morgan fingerprint density at radius 2 is 1.63 bits per heavy atom. The van der Waals surface area contributed by atoms with Gasteiger partial charge in [0.25, 0.3) is 0 Å². The fourth-order valence-electron chi connectivity index (χ4n) is 4.90. The minimum atomic E-state index is -0.895. The van der Waals surface area contributed by atoms with Crippen LogP contribution in [-0.2, 0) is 6.42 Å². The Morgan fingerprint density at radius 1 is 0.886 bits per heavy atom. The van der Waals surface area contributed by atoms with E-state index < -0.39 is 5.97 Å². The summed E-state index contributed by atoms with van der Waals surface area (Å²) < 4.78 is 6.55. The lowest BCUT2D eigenvalue weighted by Crippen LogP contribution is -2.10. The molecule has 0 radical (unpaired) electrons. The molecule has 0 bridgehead atoms. The van der Waals surface area contributed by atoms with Crippen LogP contribution in [0.25, 0.3) is 28.2 Å². The third-order valence-corrected chi connectivity index (χ3v) is 6.67. The normalized spacial score (nSPS) is 17.7. The summed E-state index contributed by atoms with van der Waals surface area (Å²) >= 11 is 0. The summed E-state index contributed by atoms with van der Waals surface area (Å²) in [6.45, 7) is 0. The van der Waals surface area contributed by atoms with Crippen molar-refractivity contribution in [2.24, 2.45) is 5.92 Å². The van der Waals surface area contributed by atoms with Crippen molar-refractivity contribution in [1.82, 2.24) is 4.98 Å². The van der Waals surface area contributed by atoms with Crippen molar-refractivity contribution in [2.45, 2.75) is 38.5 Å². The molecular weight excluding hydrogens is 434 g/mol. The second kappa shape index (κ2) is 10.6. The van der Waals surface area contributed by atoms with Crippen LogP contribution in [0.4, 0.5) is 0 Å². The summed E-state index contributed by atoms with van der Waals surface area (Å²) in [7, 11) is 0. The molecule has 1 atom stereocenters. The van der Waals surface area contributed by atoms with Crippen molar-refractivity contribution in [2.75, 3.05) is 0 Å². The van der Waals surface area contributed by atoms with Gasteiger partial charge in [0.2, 0.25) is 5.89 Å². The fourth-order valence-corrected chi connectivity index (χ4v) is 4.90. The third kappa shape index (κ3) is 5.27. The number of carboxylic acids is 1. The molecule has 0 saturated heterocycles. The monoisotopic (exact) mass is 463 g/mol. The van der Waals surface area contributed by atoms with Crippen LogP contribution in [0, 0.1) is 5.92 Å². The molecule has 1 aliphatic rings. The topological polar surface area (TPSA) is 63.3 Å². The Bertz CT molecular complexity index is 1260. The molecule has 1 N–H and O–H groups in total. The van der Waals surface area contributed by atoms with Gasteiger partial charge < -0.3 is 9.52 Å². The minimum Gasteiger partial charge on any atom is -0.478 e. The Hall–Kier alpha value is -3.92. The molecule has 0 spiro atoms. The first-order valence-electron chi connectivity index (χ1n) is 12.3. The van der Waals surface area contributed by atoms with Gasteiger partial charge in [0, 0.05) is 16.7 Å². The lowest BCUT2D eigenvalue weighted by Gasteiger charge is -2.21. The van der Waals surface area contributed by atoms with Crippen LogP contribution < -0.4 is 0 Å². The van der Waals surface area contributed by atoms with Crippen molar-refractivity contribution in [1.29, 1.82) is 0 Å². The number of nitrogens with zero attached hydrogens (tertiary/aromatic N) is 1. The molecular formula is C31H29NO3. The lowest BCUT2D eigenvalue weighted by molar-refractivity contribution is 0.0696. The molecule has 1 heterocycles. The number of carboxylic acid groups (broad SMARTS) is 1. The Morgan fingerprint density at radius 3 is 2.37 bits per heavy atom. The van der Waals surface area contributed by atoms with Crippen LogP contribution in [0.1, 0.15) is 53.9 Å². The van der Waals surface area contributed by atoms with Crippen molar-refractivity contribution in [3.05, 3.63) is 108 Å². The number of aromatic nitrogens is 1. The van der Waals surface area contributed by atoms with Gasteiger partial charge in [0.05, 0.1) is 5.56 Å². The maximum absolute atomic E-state index is 11.5. The molecule has 1 aliphatic carbocycles. The average molecular weight is 464 g/mol. The van der Waals surface area contributed by atoms with Gasteiger partial charge in [-0.25, -0.2) is 9.78 Å². The number of rotatable bonds is 6. The summed E-state index contributed by atoms with van der Waals surface area (Å²) in [5.41, 5.74) is 5.36. The highest BCUT2D eigenvalue weighted by Crippen LogP contribution is 2.39. The summed E-state index contributed by atoms with van der Waals surface area (Å²) in [5.74, 6) is 0.767. The molecule has 4 heteroatoms. The van der Waals surface area contributed by atoms with E-state index in [1.54, 1.807) is 12.1 Å². The van der Waals surface area contributed by atoms with Crippen molar-refractivity contribution in [3.63, 3.8) is 0 Å². The van der Waals surface area contributed by atoms with E-state index in [2.05, 4.69) is 30.3 Å². The molecule has 35 heavy (non-hydrogen) atoms. The van der Waals surface area contributed by atoms with E-state index in [1.165, 1.54) is 6.42 Å². The first-order chi connectivity index (χ1) is 17.2. The maximum atomic E-state index is 11.5. The molecule has 0 fully saturated rings. The molecule has 4 nitrogen and oxygen atoms in total. The van der Waals surface area contributed by atoms with Gasteiger partial charge >= 0.3 is 5.97 Å². The third-order valence-electron chi connectivity index (χ3n) is 6.67. The number of benzene rings is 3. The Balaban J connectivity index is 1.57. The van der Waals surface area contributed by atoms with Gasteiger partial charge in [-0.3, -0.25) is 0 Å². The molecule has 0 aliphatic heterocycles. The standard InChI is InChI=1S/C31H29NO3/c33-31(34)26-18-11-12-22(21-26)20-25-17-5-1-2-10-19-27(25)30-32-28(23-13-6-3-7-14-23)29(35-30)24-15-8-4-9-16-24/h3-4,6-9,11-16,18-19,21,25H,1-2,5,10,17,20H2,(H,33,34)/b27-19+. The number of oxazole rings is 1. The zero-order chi connectivity index (χ0) is 24.0. The highest BCUT2D eigenvalue weighted by atomic mass is 16.4. The zero-order valence-electron chi connectivity index (χ0n) is 19.7. The first-order valence-corrected chi connectivity index (χ1v) is 12.3. The molecule has 0 amide bonds. The van der Waals surface area contributed by atoms with E-state index in [0.29, 0.717) is 11.5 Å². The van der Waals surface area contributed by atoms with Crippen LogP contribution >= 0.6 is 0 Å². The van der Waals surface area contributed by atoms with Crippen molar-refractivity contribution < 1.29 is 14.3 Å². The largest absolute Gasteiger partial charge is 0.478 e. The maximum Gasteiger partial charge on any atom is 0.335 e. The van der Waals surface area contributed by atoms with Crippen molar-refractivity contribution in [3.8, 4) is 22.6 Å². The quantitative estimate of drug-likeness (QED) is 0.315. The van der Waals surface area contributed by atoms with Crippen LogP contribution in [0.2, 0.25) is 0 Å². The van der Waals surface area contributed by atoms with Gasteiger partial charge in [0.1, 0.15) is 5.69 Å². The molecule has 3 aromatic carbocycles. The smallest absolute Gasteiger partial charge is 0.335 e. The lowest BCUT2D eigenvalue weighted by atomic mass is 9.84. The SMILES string of the molecule is O=C(O)c1cccc(CC2CCCCC/C=C\2c2nc(-c3ccccc3)c(-c3ccccc3)o2)c1. The van der Waals surface area contributed by atoms with Gasteiger partial charge in [-0.05, 0) is 49.3 Å². The second-order valence-corrected chi connectivity index (χ2v) is 9.13. The van der Waals surface area contributed by atoms with Gasteiger partial charge in [-0.1, -0.05) is 91.7 Å². The summed E-state index contributed by atoms with van der Waals surface area (Å²) in [6, 6.07) is 27.6. The number of carbonyl (C=O) groups is 1. The van der Waals surface area contributed by atoms with Crippen LogP contribution in [0.5, 0.6) is 0 Å². The van der Waals surface area contributed by atoms with Crippen LogP contribution in [0.15, 0.2) is 95.4 Å². The van der Waals surface area contributed by atoms with Gasteiger partial charge in [-0.2, -0.15) is 0 Å². The van der Waals surface area contributed by atoms with E-state index in [1.807, 2.05) is 48.5 Å². The van der Waals surface area contributed by atoms with Crippen LogP contribution in [0.3, 0.4) is 0 Å². The molecule has 0 saturated carbocycles. The summed E-state index contributed by atoms with van der Waals surface area (Å²) in [6.07, 6.45) is 8.56. The van der Waals surface area contributed by atoms with E-state index in [0.717, 1.165) is 65.8 Å². The van der Waals surface area contributed by atoms with E-state index in [9.17, 15) is 9.90 Å². The molecule has 4 aromatic rings. The zero-order valence-corrected chi connectivity index (χ0v) is 19.7. The molecule has 176 valence electrons. The Kier molecular flexibility index (Phi) is 6.89. The second-order valence-electron chi connectivity index (χ2n) is 9.13. The number of aromatic carboxylic acids is 1. The van der Waals surface area contributed by atoms with Gasteiger partial charge in [0.15, 0.2) is 5.76 Å². The molecule has 1 unspecified atom stereocenters. The number of hydrogen-bond donors (Lipinski definition) is 1. The first kappa shape index (κ1) is 22.9. The molecule has 5 rings (SSSR count). The van der Waals surface area contributed by atoms with Crippen LogP contribution in [-0.4, -0.2) is 16.1 Å². The van der Waals surface area contributed by atoms with E-state index in [-0.39, 0.29) is 5.92 Å². The Labute approximate surface area is 206 Å². The summed E-state index contributed by atoms with van der Waals surface area (Å²) in [5, 5.41) is 9.44. The number of hydrogen-bond acceptors (Lipinski definition) is 3. The van der Waals surface area contributed by atoms with Gasteiger partial charge in [-0.15, -0.1) is 0 Å².